The summed E-state index contributed by atoms with van der Waals surface area (Å²) in [4.78, 5) is 12.1. The molecule has 1 aromatic carbocycles. The minimum Gasteiger partial charge on any atom is -0.465 e. The molecule has 1 fully saturated rings. The van der Waals surface area contributed by atoms with Gasteiger partial charge in [0.2, 0.25) is 0 Å². The molecule has 1 aliphatic carbocycles. The Morgan fingerprint density at radius 2 is 1.81 bits per heavy atom. The molecule has 1 N–H and O–H groups in total. The minimum absolute atomic E-state index is 0.0396. The monoisotopic (exact) mass is 297 g/mol. The number of rotatable bonds is 6. The SMILES string of the molecule is CCOC(=O)C(NC1CCCC1)c1ccc(C(F)F)cc1. The molecule has 3 nitrogen and oxygen atoms in total. The lowest BCUT2D eigenvalue weighted by Crippen LogP contribution is -2.36. The van der Waals surface area contributed by atoms with Crippen molar-refractivity contribution >= 4 is 5.97 Å². The normalized spacial score (nSPS) is 17.1. The van der Waals surface area contributed by atoms with E-state index in [4.69, 9.17) is 4.74 Å². The van der Waals surface area contributed by atoms with Gasteiger partial charge in [0.15, 0.2) is 0 Å². The highest BCUT2D eigenvalue weighted by molar-refractivity contribution is 5.77. The molecule has 0 radical (unpaired) electrons. The first-order chi connectivity index (χ1) is 10.1. The Hall–Kier alpha value is -1.49. The predicted molar refractivity (Wildman–Crippen MR) is 76.2 cm³/mol. The maximum atomic E-state index is 12.6. The molecule has 0 saturated heterocycles. The summed E-state index contributed by atoms with van der Waals surface area (Å²) in [6.07, 6.45) is 1.87. The number of esters is 1. The van der Waals surface area contributed by atoms with E-state index in [0.717, 1.165) is 25.7 Å². The molecule has 0 bridgehead atoms. The molecule has 1 aromatic rings. The Kier molecular flexibility index (Phi) is 5.67. The highest BCUT2D eigenvalue weighted by Gasteiger charge is 2.26. The molecule has 0 aliphatic heterocycles. The summed E-state index contributed by atoms with van der Waals surface area (Å²) in [5, 5.41) is 3.30. The van der Waals surface area contributed by atoms with Crippen LogP contribution in [0.2, 0.25) is 0 Å². The van der Waals surface area contributed by atoms with E-state index < -0.39 is 12.5 Å². The lowest BCUT2D eigenvalue weighted by Gasteiger charge is -2.22. The van der Waals surface area contributed by atoms with E-state index >= 15 is 0 Å². The number of benzene rings is 1. The fraction of sp³-hybridized carbons (Fsp3) is 0.562. The second-order valence-corrected chi connectivity index (χ2v) is 5.30. The van der Waals surface area contributed by atoms with Crippen LogP contribution in [-0.4, -0.2) is 18.6 Å². The molecular weight excluding hydrogens is 276 g/mol. The van der Waals surface area contributed by atoms with E-state index in [1.807, 2.05) is 0 Å². The third-order valence-corrected chi connectivity index (χ3v) is 3.80. The van der Waals surface area contributed by atoms with Crippen LogP contribution in [0, 0.1) is 0 Å². The third-order valence-electron chi connectivity index (χ3n) is 3.80. The zero-order valence-corrected chi connectivity index (χ0v) is 12.1. The van der Waals surface area contributed by atoms with Crippen LogP contribution < -0.4 is 5.32 Å². The topological polar surface area (TPSA) is 38.3 Å². The summed E-state index contributed by atoms with van der Waals surface area (Å²) in [7, 11) is 0. The zero-order chi connectivity index (χ0) is 15.2. The quantitative estimate of drug-likeness (QED) is 0.812. The Morgan fingerprint density at radius 1 is 1.24 bits per heavy atom. The van der Waals surface area contributed by atoms with Crippen LogP contribution >= 0.6 is 0 Å². The van der Waals surface area contributed by atoms with Crippen molar-refractivity contribution in [2.45, 2.75) is 51.1 Å². The molecule has 0 heterocycles. The summed E-state index contributed by atoms with van der Waals surface area (Å²) in [6, 6.07) is 5.58. The Labute approximate surface area is 123 Å². The number of carbonyl (C=O) groups excluding carboxylic acids is 1. The van der Waals surface area contributed by atoms with Crippen molar-refractivity contribution in [3.05, 3.63) is 35.4 Å². The zero-order valence-electron chi connectivity index (χ0n) is 12.1. The Morgan fingerprint density at radius 3 is 2.33 bits per heavy atom. The van der Waals surface area contributed by atoms with Crippen LogP contribution in [0.5, 0.6) is 0 Å². The molecule has 0 amide bonds. The average molecular weight is 297 g/mol. The van der Waals surface area contributed by atoms with Gasteiger partial charge in [0.25, 0.3) is 6.43 Å². The van der Waals surface area contributed by atoms with E-state index in [1.165, 1.54) is 12.1 Å². The lowest BCUT2D eigenvalue weighted by atomic mass is 10.0. The van der Waals surface area contributed by atoms with Gasteiger partial charge in [-0.15, -0.1) is 0 Å². The average Bonchev–Trinajstić information content (AvgIpc) is 2.98. The predicted octanol–water partition coefficient (Wildman–Crippen LogP) is 3.76. The molecule has 0 spiro atoms. The maximum absolute atomic E-state index is 12.6. The molecule has 1 aliphatic rings. The first-order valence-corrected chi connectivity index (χ1v) is 7.42. The Balaban J connectivity index is 2.14. The number of nitrogens with one attached hydrogen (secondary N) is 1. The largest absolute Gasteiger partial charge is 0.465 e. The van der Waals surface area contributed by atoms with Gasteiger partial charge in [-0.05, 0) is 25.3 Å². The van der Waals surface area contributed by atoms with E-state index in [1.54, 1.807) is 19.1 Å². The summed E-state index contributed by atoms with van der Waals surface area (Å²) in [5.74, 6) is -0.353. The van der Waals surface area contributed by atoms with E-state index in [2.05, 4.69) is 5.32 Å². The van der Waals surface area contributed by atoms with Crippen molar-refractivity contribution in [3.8, 4) is 0 Å². The van der Waals surface area contributed by atoms with E-state index in [0.29, 0.717) is 12.2 Å². The van der Waals surface area contributed by atoms with Crippen molar-refractivity contribution in [2.24, 2.45) is 0 Å². The van der Waals surface area contributed by atoms with Crippen LogP contribution in [-0.2, 0) is 9.53 Å². The molecular formula is C16H21F2NO2. The van der Waals surface area contributed by atoms with Gasteiger partial charge in [0, 0.05) is 11.6 Å². The molecule has 5 heteroatoms. The molecule has 1 saturated carbocycles. The van der Waals surface area contributed by atoms with E-state index in [-0.39, 0.29) is 17.6 Å². The molecule has 1 atom stereocenters. The maximum Gasteiger partial charge on any atom is 0.327 e. The number of hydrogen-bond donors (Lipinski definition) is 1. The lowest BCUT2D eigenvalue weighted by molar-refractivity contribution is -0.146. The molecule has 116 valence electrons. The van der Waals surface area contributed by atoms with Gasteiger partial charge in [0.1, 0.15) is 6.04 Å². The highest BCUT2D eigenvalue weighted by Crippen LogP contribution is 2.25. The standard InChI is InChI=1S/C16H21F2NO2/c1-2-21-16(20)14(19-13-5-3-4-6-13)11-7-9-12(10-8-11)15(17)18/h7-10,13-15,19H,2-6H2,1H3. The van der Waals surface area contributed by atoms with Crippen LogP contribution in [0.1, 0.15) is 56.2 Å². The van der Waals surface area contributed by atoms with Gasteiger partial charge < -0.3 is 4.74 Å². The summed E-state index contributed by atoms with van der Waals surface area (Å²) in [6.45, 7) is 2.06. The molecule has 1 unspecified atom stereocenters. The first kappa shape index (κ1) is 15.9. The third kappa shape index (κ3) is 4.24. The van der Waals surface area contributed by atoms with Crippen LogP contribution in [0.4, 0.5) is 8.78 Å². The van der Waals surface area contributed by atoms with Gasteiger partial charge in [-0.2, -0.15) is 0 Å². The summed E-state index contributed by atoms with van der Waals surface area (Å²) < 4.78 is 30.3. The Bertz CT molecular complexity index is 456. The van der Waals surface area contributed by atoms with Gasteiger partial charge in [-0.3, -0.25) is 5.32 Å². The van der Waals surface area contributed by atoms with Crippen LogP contribution in [0.15, 0.2) is 24.3 Å². The van der Waals surface area contributed by atoms with Gasteiger partial charge >= 0.3 is 5.97 Å². The second-order valence-electron chi connectivity index (χ2n) is 5.30. The van der Waals surface area contributed by atoms with Gasteiger partial charge in [0.05, 0.1) is 6.61 Å². The van der Waals surface area contributed by atoms with Crippen LogP contribution in [0.25, 0.3) is 0 Å². The molecule has 2 rings (SSSR count). The number of ether oxygens (including phenoxy) is 1. The van der Waals surface area contributed by atoms with Gasteiger partial charge in [-0.25, -0.2) is 13.6 Å². The van der Waals surface area contributed by atoms with Crippen molar-refractivity contribution in [2.75, 3.05) is 6.61 Å². The minimum atomic E-state index is -2.50. The van der Waals surface area contributed by atoms with E-state index in [9.17, 15) is 13.6 Å². The fourth-order valence-electron chi connectivity index (χ4n) is 2.69. The molecule has 21 heavy (non-hydrogen) atoms. The fourth-order valence-corrected chi connectivity index (χ4v) is 2.69. The second kappa shape index (κ2) is 7.50. The number of carbonyl (C=O) groups is 1. The number of hydrogen-bond acceptors (Lipinski definition) is 3. The number of halogens is 2. The number of alkyl halides is 2. The van der Waals surface area contributed by atoms with Crippen molar-refractivity contribution in [1.29, 1.82) is 0 Å². The van der Waals surface area contributed by atoms with Crippen molar-refractivity contribution < 1.29 is 18.3 Å². The summed E-state index contributed by atoms with van der Waals surface area (Å²) in [5.41, 5.74) is 0.631. The van der Waals surface area contributed by atoms with Gasteiger partial charge in [-0.1, -0.05) is 37.1 Å². The smallest absolute Gasteiger partial charge is 0.327 e. The molecule has 0 aromatic heterocycles. The first-order valence-electron chi connectivity index (χ1n) is 7.42. The highest BCUT2D eigenvalue weighted by atomic mass is 19.3. The van der Waals surface area contributed by atoms with Crippen LogP contribution in [0.3, 0.4) is 0 Å². The summed E-state index contributed by atoms with van der Waals surface area (Å²) >= 11 is 0. The van der Waals surface area contributed by atoms with Crippen molar-refractivity contribution in [1.82, 2.24) is 5.32 Å². The van der Waals surface area contributed by atoms with Crippen molar-refractivity contribution in [3.63, 3.8) is 0 Å².